The number of likely N-dealkylation sites (tertiary alicyclic amines) is 2. The van der Waals surface area contributed by atoms with Crippen molar-refractivity contribution in [2.75, 3.05) is 26.7 Å². The van der Waals surface area contributed by atoms with E-state index in [2.05, 4.69) is 37.5 Å². The molecule has 2 amide bonds. The molecule has 0 bridgehead atoms. The molecule has 0 aliphatic carbocycles. The first kappa shape index (κ1) is 13.7. The molecule has 1 spiro atoms. The average molecular weight is 253 g/mol. The van der Waals surface area contributed by atoms with Gasteiger partial charge in [-0.3, -0.25) is 4.90 Å². The Hall–Kier alpha value is -0.770. The van der Waals surface area contributed by atoms with Crippen molar-refractivity contribution < 1.29 is 4.79 Å². The van der Waals surface area contributed by atoms with Gasteiger partial charge in [0.15, 0.2) is 0 Å². The Bertz CT molecular complexity index is 321. The number of hydrogen-bond donors (Lipinski definition) is 0. The fourth-order valence-corrected chi connectivity index (χ4v) is 3.05. The third kappa shape index (κ3) is 2.11. The van der Waals surface area contributed by atoms with Crippen LogP contribution in [0.5, 0.6) is 0 Å². The van der Waals surface area contributed by atoms with E-state index in [1.54, 1.807) is 0 Å². The smallest absolute Gasteiger partial charge is 0.320 e. The lowest BCUT2D eigenvalue weighted by atomic mass is 9.86. The van der Waals surface area contributed by atoms with Crippen molar-refractivity contribution in [3.8, 4) is 0 Å². The van der Waals surface area contributed by atoms with E-state index in [-0.39, 0.29) is 17.6 Å². The second-order valence-corrected chi connectivity index (χ2v) is 6.47. The van der Waals surface area contributed by atoms with E-state index in [0.29, 0.717) is 6.04 Å². The number of amides is 2. The van der Waals surface area contributed by atoms with Crippen molar-refractivity contribution in [1.29, 1.82) is 0 Å². The molecule has 2 saturated heterocycles. The Kier molecular flexibility index (Phi) is 3.58. The summed E-state index contributed by atoms with van der Waals surface area (Å²) in [5, 5.41) is 0. The third-order valence-corrected chi connectivity index (χ3v) is 4.63. The van der Waals surface area contributed by atoms with Gasteiger partial charge in [-0.15, -0.1) is 0 Å². The zero-order chi connectivity index (χ0) is 13.5. The van der Waals surface area contributed by atoms with Gasteiger partial charge in [0.05, 0.1) is 5.54 Å². The zero-order valence-corrected chi connectivity index (χ0v) is 12.4. The van der Waals surface area contributed by atoms with Crippen molar-refractivity contribution in [1.82, 2.24) is 14.7 Å². The summed E-state index contributed by atoms with van der Waals surface area (Å²) in [6.07, 6.45) is 2.33. The van der Waals surface area contributed by atoms with Gasteiger partial charge < -0.3 is 9.80 Å². The summed E-state index contributed by atoms with van der Waals surface area (Å²) >= 11 is 0. The van der Waals surface area contributed by atoms with Gasteiger partial charge in [0.2, 0.25) is 0 Å². The molecular weight excluding hydrogens is 226 g/mol. The molecule has 0 radical (unpaired) electrons. The molecule has 4 heteroatoms. The Morgan fingerprint density at radius 1 is 1.22 bits per heavy atom. The molecule has 2 aliphatic heterocycles. The molecule has 4 nitrogen and oxygen atoms in total. The molecule has 2 heterocycles. The van der Waals surface area contributed by atoms with Crippen molar-refractivity contribution in [2.24, 2.45) is 0 Å². The fraction of sp³-hybridized carbons (Fsp3) is 0.929. The minimum atomic E-state index is 0.143. The van der Waals surface area contributed by atoms with Crippen LogP contribution in [0.15, 0.2) is 0 Å². The highest BCUT2D eigenvalue weighted by molar-refractivity contribution is 5.76. The van der Waals surface area contributed by atoms with Crippen LogP contribution in [0.1, 0.15) is 40.5 Å². The van der Waals surface area contributed by atoms with Gasteiger partial charge in [-0.25, -0.2) is 4.79 Å². The standard InChI is InChI=1S/C14H27N3O/c1-11(2)15(5)13(18)17-8-6-7-14(17)9-16(10-14)12(3)4/h11-12H,6-10H2,1-5H3. The van der Waals surface area contributed by atoms with Crippen LogP contribution in [0, 0.1) is 0 Å². The molecule has 0 aromatic rings. The second kappa shape index (κ2) is 4.72. The minimum absolute atomic E-state index is 0.143. The van der Waals surface area contributed by atoms with Gasteiger partial charge in [0.1, 0.15) is 0 Å². The molecule has 2 fully saturated rings. The van der Waals surface area contributed by atoms with Crippen LogP contribution in [0.4, 0.5) is 4.79 Å². The van der Waals surface area contributed by atoms with Gasteiger partial charge >= 0.3 is 6.03 Å². The number of urea groups is 1. The Morgan fingerprint density at radius 2 is 1.83 bits per heavy atom. The summed E-state index contributed by atoms with van der Waals surface area (Å²) in [5.41, 5.74) is 0.143. The van der Waals surface area contributed by atoms with Gasteiger partial charge in [-0.1, -0.05) is 0 Å². The van der Waals surface area contributed by atoms with Crippen molar-refractivity contribution in [3.05, 3.63) is 0 Å². The van der Waals surface area contributed by atoms with E-state index < -0.39 is 0 Å². The lowest BCUT2D eigenvalue weighted by Crippen LogP contribution is -2.71. The van der Waals surface area contributed by atoms with Gasteiger partial charge in [0.25, 0.3) is 0 Å². The van der Waals surface area contributed by atoms with Crippen molar-refractivity contribution in [3.63, 3.8) is 0 Å². The average Bonchev–Trinajstić information content (AvgIpc) is 2.68. The lowest BCUT2D eigenvalue weighted by molar-refractivity contribution is -0.0329. The summed E-state index contributed by atoms with van der Waals surface area (Å²) in [5.74, 6) is 0. The summed E-state index contributed by atoms with van der Waals surface area (Å²) in [7, 11) is 1.91. The molecule has 0 aromatic carbocycles. The van der Waals surface area contributed by atoms with Crippen LogP contribution in [0.2, 0.25) is 0 Å². The van der Waals surface area contributed by atoms with Crippen molar-refractivity contribution in [2.45, 2.75) is 58.2 Å². The maximum atomic E-state index is 12.5. The summed E-state index contributed by atoms with van der Waals surface area (Å²) in [4.78, 5) is 19.0. The first-order chi connectivity index (χ1) is 8.37. The number of hydrogen-bond acceptors (Lipinski definition) is 2. The largest absolute Gasteiger partial charge is 0.325 e. The van der Waals surface area contributed by atoms with E-state index in [4.69, 9.17) is 0 Å². The first-order valence-corrected chi connectivity index (χ1v) is 7.16. The highest BCUT2D eigenvalue weighted by Crippen LogP contribution is 2.39. The molecule has 0 N–H and O–H groups in total. The topological polar surface area (TPSA) is 26.8 Å². The third-order valence-electron chi connectivity index (χ3n) is 4.63. The fourth-order valence-electron chi connectivity index (χ4n) is 3.05. The molecule has 2 rings (SSSR count). The molecular formula is C14H27N3O. The second-order valence-electron chi connectivity index (χ2n) is 6.47. The van der Waals surface area contributed by atoms with Crippen LogP contribution >= 0.6 is 0 Å². The Balaban J connectivity index is 2.03. The zero-order valence-electron chi connectivity index (χ0n) is 12.4. The van der Waals surface area contributed by atoms with E-state index in [0.717, 1.165) is 26.1 Å². The quantitative estimate of drug-likeness (QED) is 0.752. The summed E-state index contributed by atoms with van der Waals surface area (Å²) in [6.45, 7) is 11.7. The van der Waals surface area contributed by atoms with E-state index >= 15 is 0 Å². The molecule has 0 saturated carbocycles. The number of rotatable bonds is 2. The molecule has 0 aromatic heterocycles. The number of nitrogens with zero attached hydrogens (tertiary/aromatic N) is 3. The normalized spacial score (nSPS) is 22.9. The van der Waals surface area contributed by atoms with Crippen LogP contribution in [0.3, 0.4) is 0 Å². The maximum absolute atomic E-state index is 12.5. The SMILES string of the molecule is CC(C)N1CC2(CCCN2C(=O)N(C)C(C)C)C1. The summed E-state index contributed by atoms with van der Waals surface area (Å²) in [6, 6.07) is 1.08. The molecule has 18 heavy (non-hydrogen) atoms. The lowest BCUT2D eigenvalue weighted by Gasteiger charge is -2.55. The maximum Gasteiger partial charge on any atom is 0.320 e. The first-order valence-electron chi connectivity index (χ1n) is 7.16. The Labute approximate surface area is 111 Å². The Morgan fingerprint density at radius 3 is 2.33 bits per heavy atom. The summed E-state index contributed by atoms with van der Waals surface area (Å²) < 4.78 is 0. The highest BCUT2D eigenvalue weighted by Gasteiger charge is 2.53. The highest BCUT2D eigenvalue weighted by atomic mass is 16.2. The molecule has 2 aliphatic rings. The van der Waals surface area contributed by atoms with Crippen LogP contribution in [-0.4, -0.2) is 65.0 Å². The predicted molar refractivity (Wildman–Crippen MR) is 73.7 cm³/mol. The van der Waals surface area contributed by atoms with Crippen LogP contribution < -0.4 is 0 Å². The van der Waals surface area contributed by atoms with E-state index in [9.17, 15) is 4.79 Å². The van der Waals surface area contributed by atoms with Crippen molar-refractivity contribution >= 4 is 6.03 Å². The van der Waals surface area contributed by atoms with Crippen LogP contribution in [-0.2, 0) is 0 Å². The number of carbonyl (C=O) groups excluding carboxylic acids is 1. The van der Waals surface area contributed by atoms with Crippen LogP contribution in [0.25, 0.3) is 0 Å². The molecule has 104 valence electrons. The monoisotopic (exact) mass is 253 g/mol. The van der Waals surface area contributed by atoms with E-state index in [1.165, 1.54) is 6.42 Å². The minimum Gasteiger partial charge on any atom is -0.325 e. The van der Waals surface area contributed by atoms with Gasteiger partial charge in [0, 0.05) is 38.8 Å². The van der Waals surface area contributed by atoms with Gasteiger partial charge in [-0.2, -0.15) is 0 Å². The van der Waals surface area contributed by atoms with Gasteiger partial charge in [-0.05, 0) is 40.5 Å². The molecule has 0 unspecified atom stereocenters. The predicted octanol–water partition coefficient (Wildman–Crippen LogP) is 2.01. The molecule has 0 atom stereocenters. The number of carbonyl (C=O) groups is 1. The van der Waals surface area contributed by atoms with E-state index in [1.807, 2.05) is 11.9 Å².